The number of pyridine rings is 1. The number of hydrogen-bond donors (Lipinski definition) is 2. The molecule has 2 atom stereocenters. The monoisotopic (exact) mass is 406 g/mol. The van der Waals surface area contributed by atoms with E-state index in [0.29, 0.717) is 28.9 Å². The first-order valence-electron chi connectivity index (χ1n) is 10.0. The van der Waals surface area contributed by atoms with Gasteiger partial charge in [0.25, 0.3) is 5.91 Å². The maximum atomic E-state index is 13.1. The van der Waals surface area contributed by atoms with Gasteiger partial charge in [0, 0.05) is 48.6 Å². The summed E-state index contributed by atoms with van der Waals surface area (Å²) in [6.45, 7) is 8.00. The van der Waals surface area contributed by atoms with Crippen LogP contribution in [0.3, 0.4) is 0 Å². The van der Waals surface area contributed by atoms with E-state index in [0.717, 1.165) is 29.7 Å². The Morgan fingerprint density at radius 3 is 2.67 bits per heavy atom. The minimum absolute atomic E-state index is 0.230. The molecule has 2 aromatic heterocycles. The number of benzene rings is 1. The fourth-order valence-electron chi connectivity index (χ4n) is 3.99. The fourth-order valence-corrected chi connectivity index (χ4v) is 3.99. The highest BCUT2D eigenvalue weighted by Crippen LogP contribution is 2.31. The van der Waals surface area contributed by atoms with Crippen LogP contribution in [0.4, 0.5) is 11.4 Å². The summed E-state index contributed by atoms with van der Waals surface area (Å²) in [6.07, 6.45) is 5.10. The summed E-state index contributed by atoms with van der Waals surface area (Å²) < 4.78 is 5.22. The van der Waals surface area contributed by atoms with Gasteiger partial charge in [0.15, 0.2) is 0 Å². The number of carbonyl (C=O) groups excluding carboxylic acids is 1. The van der Waals surface area contributed by atoms with Crippen molar-refractivity contribution in [3.05, 3.63) is 47.9 Å². The van der Waals surface area contributed by atoms with Crippen LogP contribution in [0.15, 0.2) is 36.8 Å². The third-order valence-electron chi connectivity index (χ3n) is 5.16. The molecular formula is C22H26N6O2. The van der Waals surface area contributed by atoms with Gasteiger partial charge in [-0.2, -0.15) is 4.98 Å². The average Bonchev–Trinajstić information content (AvgIpc) is 2.71. The number of rotatable bonds is 4. The number of hydrogen-bond acceptors (Lipinski definition) is 7. The van der Waals surface area contributed by atoms with Gasteiger partial charge in [-0.05, 0) is 44.5 Å². The van der Waals surface area contributed by atoms with Gasteiger partial charge in [0.1, 0.15) is 0 Å². The van der Waals surface area contributed by atoms with E-state index >= 15 is 0 Å². The number of anilines is 2. The molecule has 1 saturated heterocycles. The number of methoxy groups -OCH3 is 1. The van der Waals surface area contributed by atoms with Crippen molar-refractivity contribution in [2.75, 3.05) is 30.4 Å². The van der Waals surface area contributed by atoms with Gasteiger partial charge in [0.05, 0.1) is 30.1 Å². The summed E-state index contributed by atoms with van der Waals surface area (Å²) in [5.74, 6) is -0.248. The smallest absolute Gasteiger partial charge is 0.316 e. The molecule has 2 N–H and O–H groups in total. The topological polar surface area (TPSA) is 92.3 Å². The van der Waals surface area contributed by atoms with E-state index in [2.05, 4.69) is 44.3 Å². The molecule has 1 fully saturated rings. The Morgan fingerprint density at radius 1 is 1.20 bits per heavy atom. The van der Waals surface area contributed by atoms with Gasteiger partial charge in [-0.15, -0.1) is 0 Å². The average molecular weight is 406 g/mol. The van der Waals surface area contributed by atoms with E-state index in [1.165, 1.54) is 7.11 Å². The molecule has 3 aromatic rings. The largest absolute Gasteiger partial charge is 0.467 e. The molecular weight excluding hydrogens is 380 g/mol. The second-order valence-electron chi connectivity index (χ2n) is 7.83. The molecule has 1 aromatic carbocycles. The van der Waals surface area contributed by atoms with Crippen LogP contribution in [0, 0.1) is 6.92 Å². The maximum absolute atomic E-state index is 13.1. The lowest BCUT2D eigenvalue weighted by atomic mass is 10.0. The quantitative estimate of drug-likeness (QED) is 0.688. The van der Waals surface area contributed by atoms with Gasteiger partial charge in [-0.25, -0.2) is 4.98 Å². The van der Waals surface area contributed by atoms with E-state index in [9.17, 15) is 4.79 Å². The highest BCUT2D eigenvalue weighted by atomic mass is 16.5. The standard InChI is InChI=1S/C22H26N6O2/c1-13-7-16(9-23-8-13)26-21(29)17-5-6-19(28-11-14(2)25-15(3)12-28)18-10-24-22(30-4)27-20(17)18/h5-10,14-15,25H,11-12H2,1-4H3,(H,26,29). The molecule has 1 aliphatic heterocycles. The van der Waals surface area contributed by atoms with E-state index in [1.54, 1.807) is 18.6 Å². The van der Waals surface area contributed by atoms with E-state index < -0.39 is 0 Å². The van der Waals surface area contributed by atoms with Crippen molar-refractivity contribution in [2.45, 2.75) is 32.9 Å². The van der Waals surface area contributed by atoms with Crippen molar-refractivity contribution in [1.82, 2.24) is 20.3 Å². The van der Waals surface area contributed by atoms with E-state index in [1.807, 2.05) is 25.1 Å². The number of aromatic nitrogens is 3. The summed E-state index contributed by atoms with van der Waals surface area (Å²) in [5, 5.41) is 7.29. The highest BCUT2D eigenvalue weighted by molar-refractivity contribution is 6.13. The molecule has 1 aliphatic rings. The third-order valence-corrected chi connectivity index (χ3v) is 5.16. The summed E-state index contributed by atoms with van der Waals surface area (Å²) in [7, 11) is 1.52. The number of amides is 1. The zero-order chi connectivity index (χ0) is 21.3. The minimum atomic E-state index is -0.248. The third kappa shape index (κ3) is 4.04. The van der Waals surface area contributed by atoms with Crippen molar-refractivity contribution in [3.8, 4) is 6.01 Å². The molecule has 156 valence electrons. The Labute approximate surface area is 175 Å². The Morgan fingerprint density at radius 2 is 1.97 bits per heavy atom. The SMILES string of the molecule is COc1ncc2c(N3CC(C)NC(C)C3)ccc(C(=O)Nc3cncc(C)c3)c2n1. The van der Waals surface area contributed by atoms with Crippen LogP contribution in [-0.2, 0) is 0 Å². The molecule has 1 amide bonds. The van der Waals surface area contributed by atoms with Gasteiger partial charge in [-0.3, -0.25) is 9.78 Å². The van der Waals surface area contributed by atoms with Gasteiger partial charge < -0.3 is 20.3 Å². The van der Waals surface area contributed by atoms with Crippen molar-refractivity contribution >= 4 is 28.2 Å². The number of ether oxygens (including phenoxy) is 1. The molecule has 8 nitrogen and oxygen atoms in total. The second-order valence-corrected chi connectivity index (χ2v) is 7.83. The number of carbonyl (C=O) groups is 1. The lowest BCUT2D eigenvalue weighted by Crippen LogP contribution is -2.54. The minimum Gasteiger partial charge on any atom is -0.467 e. The number of nitrogens with zero attached hydrogens (tertiary/aromatic N) is 4. The molecule has 3 heterocycles. The maximum Gasteiger partial charge on any atom is 0.316 e. The van der Waals surface area contributed by atoms with E-state index in [4.69, 9.17) is 4.74 Å². The highest BCUT2D eigenvalue weighted by Gasteiger charge is 2.24. The summed E-state index contributed by atoms with van der Waals surface area (Å²) >= 11 is 0. The number of nitrogens with one attached hydrogen (secondary N) is 2. The summed E-state index contributed by atoms with van der Waals surface area (Å²) in [4.78, 5) is 28.3. The Bertz CT molecular complexity index is 1080. The van der Waals surface area contributed by atoms with Crippen molar-refractivity contribution in [1.29, 1.82) is 0 Å². The van der Waals surface area contributed by atoms with Gasteiger partial charge >= 0.3 is 6.01 Å². The molecule has 4 rings (SSSR count). The lowest BCUT2D eigenvalue weighted by Gasteiger charge is -2.38. The van der Waals surface area contributed by atoms with Crippen molar-refractivity contribution in [3.63, 3.8) is 0 Å². The molecule has 0 radical (unpaired) electrons. The van der Waals surface area contributed by atoms with Crippen LogP contribution in [0.2, 0.25) is 0 Å². The first-order valence-corrected chi connectivity index (χ1v) is 10.0. The second kappa shape index (κ2) is 8.23. The predicted molar refractivity (Wildman–Crippen MR) is 117 cm³/mol. The van der Waals surface area contributed by atoms with Crippen LogP contribution in [0.5, 0.6) is 6.01 Å². The number of piperazine rings is 1. The fraction of sp³-hybridized carbons (Fsp3) is 0.364. The molecule has 0 bridgehead atoms. The lowest BCUT2D eigenvalue weighted by molar-refractivity contribution is 0.102. The van der Waals surface area contributed by atoms with Crippen LogP contribution < -0.4 is 20.3 Å². The number of aryl methyl sites for hydroxylation is 1. The molecule has 0 saturated carbocycles. The van der Waals surface area contributed by atoms with Crippen LogP contribution in [0.25, 0.3) is 10.9 Å². The zero-order valence-corrected chi connectivity index (χ0v) is 17.6. The first-order chi connectivity index (χ1) is 14.4. The number of fused-ring (bicyclic) bond motifs is 1. The Kier molecular flexibility index (Phi) is 5.50. The molecule has 0 spiro atoms. The molecule has 8 heteroatoms. The predicted octanol–water partition coefficient (Wildman–Crippen LogP) is 2.78. The van der Waals surface area contributed by atoms with Crippen LogP contribution in [0.1, 0.15) is 29.8 Å². The van der Waals surface area contributed by atoms with Crippen LogP contribution in [-0.4, -0.2) is 53.1 Å². The van der Waals surface area contributed by atoms with Crippen LogP contribution >= 0.6 is 0 Å². The normalized spacial score (nSPS) is 19.0. The summed E-state index contributed by atoms with van der Waals surface area (Å²) in [6, 6.07) is 6.62. The van der Waals surface area contributed by atoms with Crippen molar-refractivity contribution in [2.24, 2.45) is 0 Å². The Hall–Kier alpha value is -3.26. The van der Waals surface area contributed by atoms with Gasteiger partial charge in [-0.1, -0.05) is 0 Å². The molecule has 2 unspecified atom stereocenters. The van der Waals surface area contributed by atoms with Crippen molar-refractivity contribution < 1.29 is 9.53 Å². The zero-order valence-electron chi connectivity index (χ0n) is 17.6. The molecule has 30 heavy (non-hydrogen) atoms. The Balaban J connectivity index is 1.76. The summed E-state index contributed by atoms with van der Waals surface area (Å²) in [5.41, 5.74) is 3.66. The van der Waals surface area contributed by atoms with E-state index in [-0.39, 0.29) is 11.9 Å². The first kappa shape index (κ1) is 20.0. The molecule has 0 aliphatic carbocycles. The van der Waals surface area contributed by atoms with Gasteiger partial charge in [0.2, 0.25) is 0 Å².